The van der Waals surface area contributed by atoms with Crippen molar-refractivity contribution in [3.05, 3.63) is 65.9 Å². The van der Waals surface area contributed by atoms with Crippen molar-refractivity contribution in [2.24, 2.45) is 0 Å². The van der Waals surface area contributed by atoms with Gasteiger partial charge in [0.15, 0.2) is 0 Å². The Balaban J connectivity index is 1.47. The third-order valence-electron chi connectivity index (χ3n) is 5.77. The molecular formula is C23H26N4O4S. The molecule has 0 unspecified atom stereocenters. The second-order valence-electron chi connectivity index (χ2n) is 7.91. The van der Waals surface area contributed by atoms with Crippen molar-refractivity contribution in [2.75, 3.05) is 26.7 Å². The third kappa shape index (κ3) is 4.13. The molecule has 0 saturated carbocycles. The van der Waals surface area contributed by atoms with E-state index in [1.54, 1.807) is 18.2 Å². The summed E-state index contributed by atoms with van der Waals surface area (Å²) in [5, 5.41) is 3.82. The van der Waals surface area contributed by atoms with Crippen LogP contribution in [0.5, 0.6) is 0 Å². The van der Waals surface area contributed by atoms with Crippen LogP contribution in [0.4, 0.5) is 0 Å². The molecule has 1 saturated heterocycles. The molecule has 1 aromatic heterocycles. The Labute approximate surface area is 187 Å². The smallest absolute Gasteiger partial charge is 0.256 e. The lowest BCUT2D eigenvalue weighted by Crippen LogP contribution is -2.49. The topological polar surface area (TPSA) is 93.8 Å². The second-order valence-corrected chi connectivity index (χ2v) is 9.96. The van der Waals surface area contributed by atoms with Gasteiger partial charge in [-0.05, 0) is 37.1 Å². The van der Waals surface area contributed by atoms with E-state index in [1.807, 2.05) is 31.2 Å². The van der Waals surface area contributed by atoms with Gasteiger partial charge in [0.1, 0.15) is 0 Å². The number of carbonyl (C=O) groups is 2. The summed E-state index contributed by atoms with van der Waals surface area (Å²) >= 11 is 0. The molecule has 8 nitrogen and oxygen atoms in total. The summed E-state index contributed by atoms with van der Waals surface area (Å²) in [6, 6.07) is 15.8. The number of H-pyrrole nitrogens is 1. The summed E-state index contributed by atoms with van der Waals surface area (Å²) in [5.41, 5.74) is 2.80. The maximum absolute atomic E-state index is 13.1. The zero-order valence-corrected chi connectivity index (χ0v) is 18.9. The van der Waals surface area contributed by atoms with Crippen LogP contribution in [-0.2, 0) is 26.0 Å². The number of hydrogen-bond acceptors (Lipinski definition) is 4. The van der Waals surface area contributed by atoms with Gasteiger partial charge in [-0.1, -0.05) is 36.4 Å². The van der Waals surface area contributed by atoms with Gasteiger partial charge in [-0.2, -0.15) is 4.31 Å². The minimum Gasteiger partial charge on any atom is -0.358 e. The molecule has 0 radical (unpaired) electrons. The average Bonchev–Trinajstić information content (AvgIpc) is 3.39. The van der Waals surface area contributed by atoms with Gasteiger partial charge in [0.2, 0.25) is 15.9 Å². The van der Waals surface area contributed by atoms with Gasteiger partial charge in [0.05, 0.1) is 17.9 Å². The molecule has 2 amide bonds. The summed E-state index contributed by atoms with van der Waals surface area (Å²) in [7, 11) is -2.42. The number of fused-ring (bicyclic) bond motifs is 1. The van der Waals surface area contributed by atoms with Crippen LogP contribution in [0.1, 0.15) is 17.7 Å². The van der Waals surface area contributed by atoms with E-state index in [1.165, 1.54) is 29.2 Å². The molecule has 0 aliphatic carbocycles. The summed E-state index contributed by atoms with van der Waals surface area (Å²) in [6.45, 7) is 2.41. The highest BCUT2D eigenvalue weighted by Crippen LogP contribution is 2.24. The number of rotatable bonds is 6. The Morgan fingerprint density at radius 3 is 2.31 bits per heavy atom. The maximum atomic E-state index is 13.1. The number of benzene rings is 2. The van der Waals surface area contributed by atoms with E-state index in [-0.39, 0.29) is 23.8 Å². The van der Waals surface area contributed by atoms with Gasteiger partial charge >= 0.3 is 0 Å². The molecule has 4 rings (SSSR count). The van der Waals surface area contributed by atoms with Crippen molar-refractivity contribution in [3.63, 3.8) is 0 Å². The van der Waals surface area contributed by atoms with Gasteiger partial charge in [-0.15, -0.1) is 0 Å². The normalized spacial score (nSPS) is 14.5. The maximum Gasteiger partial charge on any atom is 0.256 e. The predicted molar refractivity (Wildman–Crippen MR) is 121 cm³/mol. The highest BCUT2D eigenvalue weighted by atomic mass is 32.2. The van der Waals surface area contributed by atoms with Gasteiger partial charge in [-0.3, -0.25) is 19.6 Å². The Morgan fingerprint density at radius 1 is 0.969 bits per heavy atom. The lowest BCUT2D eigenvalue weighted by atomic mass is 10.1. The monoisotopic (exact) mass is 454 g/mol. The van der Waals surface area contributed by atoms with Crippen LogP contribution < -0.4 is 0 Å². The van der Waals surface area contributed by atoms with Crippen molar-refractivity contribution in [1.82, 2.24) is 19.3 Å². The third-order valence-corrected chi connectivity index (χ3v) is 7.59. The minimum absolute atomic E-state index is 0.125. The Morgan fingerprint density at radius 2 is 1.59 bits per heavy atom. The van der Waals surface area contributed by atoms with Crippen LogP contribution in [0, 0.1) is 6.92 Å². The van der Waals surface area contributed by atoms with E-state index in [0.29, 0.717) is 19.5 Å². The fourth-order valence-electron chi connectivity index (χ4n) is 4.06. The van der Waals surface area contributed by atoms with E-state index in [0.717, 1.165) is 26.5 Å². The molecule has 2 heterocycles. The molecule has 1 aliphatic heterocycles. The molecule has 9 heteroatoms. The van der Waals surface area contributed by atoms with Crippen molar-refractivity contribution in [1.29, 1.82) is 0 Å². The van der Waals surface area contributed by atoms with Crippen molar-refractivity contribution in [3.8, 4) is 0 Å². The summed E-state index contributed by atoms with van der Waals surface area (Å²) < 4.78 is 26.5. The molecule has 1 aliphatic rings. The quantitative estimate of drug-likeness (QED) is 0.619. The number of carbonyl (C=O) groups excluding carboxylic acids is 2. The number of aromatic nitrogens is 1. The summed E-state index contributed by atoms with van der Waals surface area (Å²) in [6.07, 6.45) is 0.817. The number of para-hydroxylation sites is 1. The van der Waals surface area contributed by atoms with Crippen LogP contribution in [0.25, 0.3) is 10.9 Å². The van der Waals surface area contributed by atoms with E-state index >= 15 is 0 Å². The molecule has 32 heavy (non-hydrogen) atoms. The zero-order valence-electron chi connectivity index (χ0n) is 18.1. The Bertz CT molecular complexity index is 1250. The van der Waals surface area contributed by atoms with Crippen LogP contribution in [-0.4, -0.2) is 66.2 Å². The number of amides is 2. The van der Waals surface area contributed by atoms with Crippen molar-refractivity contribution < 1.29 is 18.0 Å². The zero-order chi connectivity index (χ0) is 22.9. The number of sulfonamides is 1. The highest BCUT2D eigenvalue weighted by molar-refractivity contribution is 7.89. The summed E-state index contributed by atoms with van der Waals surface area (Å²) in [5.74, 6) is -0.606. The first-order chi connectivity index (χ1) is 15.3. The SMILES string of the molecule is Cc1[nH]c2ccccc2c1CC(=O)N1CCCN1C(=O)CN(C)S(=O)(=O)c1ccccc1. The number of hydrogen-bond donors (Lipinski definition) is 1. The molecule has 0 atom stereocenters. The van der Waals surface area contributed by atoms with Crippen molar-refractivity contribution in [2.45, 2.75) is 24.7 Å². The molecule has 1 N–H and O–H groups in total. The first kappa shape index (κ1) is 22.0. The Hall–Kier alpha value is -3.17. The van der Waals surface area contributed by atoms with Crippen LogP contribution in [0.15, 0.2) is 59.5 Å². The van der Waals surface area contributed by atoms with Gasteiger partial charge < -0.3 is 4.98 Å². The standard InChI is InChI=1S/C23H26N4O4S/c1-17-20(19-11-6-7-12-21(19)24-17)15-22(28)26-13-8-14-27(26)23(29)16-25(2)32(30,31)18-9-4-3-5-10-18/h3-7,9-12,24H,8,13-16H2,1-2H3. The van der Waals surface area contributed by atoms with Crippen molar-refractivity contribution >= 4 is 32.7 Å². The van der Waals surface area contributed by atoms with Crippen LogP contribution in [0.3, 0.4) is 0 Å². The van der Waals surface area contributed by atoms with Gasteiger partial charge in [0, 0.05) is 36.7 Å². The lowest BCUT2D eigenvalue weighted by molar-refractivity contribution is -0.157. The number of aryl methyl sites for hydroxylation is 1. The van der Waals surface area contributed by atoms with E-state index < -0.39 is 15.9 Å². The van der Waals surface area contributed by atoms with Crippen LogP contribution in [0.2, 0.25) is 0 Å². The highest BCUT2D eigenvalue weighted by Gasteiger charge is 2.33. The molecule has 0 bridgehead atoms. The first-order valence-corrected chi connectivity index (χ1v) is 11.9. The number of hydrazine groups is 1. The molecule has 0 spiro atoms. The Kier molecular flexibility index (Phi) is 6.03. The number of likely N-dealkylation sites (N-methyl/N-ethyl adjacent to an activating group) is 1. The van der Waals surface area contributed by atoms with E-state index in [9.17, 15) is 18.0 Å². The molecule has 168 valence electrons. The van der Waals surface area contributed by atoms with E-state index in [2.05, 4.69) is 4.98 Å². The molecular weight excluding hydrogens is 428 g/mol. The van der Waals surface area contributed by atoms with Gasteiger partial charge in [0.25, 0.3) is 5.91 Å². The first-order valence-electron chi connectivity index (χ1n) is 10.5. The number of nitrogens with one attached hydrogen (secondary N) is 1. The van der Waals surface area contributed by atoms with E-state index in [4.69, 9.17) is 0 Å². The second kappa shape index (κ2) is 8.76. The predicted octanol–water partition coefficient (Wildman–Crippen LogP) is 2.32. The molecule has 3 aromatic rings. The summed E-state index contributed by atoms with van der Waals surface area (Å²) in [4.78, 5) is 29.5. The minimum atomic E-state index is -3.79. The number of nitrogens with zero attached hydrogens (tertiary/aromatic N) is 3. The largest absolute Gasteiger partial charge is 0.358 e. The lowest BCUT2D eigenvalue weighted by Gasteiger charge is -2.29. The fraction of sp³-hybridized carbons (Fsp3) is 0.304. The fourth-order valence-corrected chi connectivity index (χ4v) is 5.21. The molecule has 1 fully saturated rings. The average molecular weight is 455 g/mol. The van der Waals surface area contributed by atoms with Crippen LogP contribution >= 0.6 is 0 Å². The van der Waals surface area contributed by atoms with Gasteiger partial charge in [-0.25, -0.2) is 8.42 Å². The number of aromatic amines is 1. The molecule has 2 aromatic carbocycles.